The van der Waals surface area contributed by atoms with E-state index in [1.807, 2.05) is 6.07 Å². The van der Waals surface area contributed by atoms with E-state index in [4.69, 9.17) is 0 Å². The number of nitro benzene ring substituents is 1. The predicted octanol–water partition coefficient (Wildman–Crippen LogP) is 1.94. The molecule has 0 saturated carbocycles. The van der Waals surface area contributed by atoms with Crippen LogP contribution < -0.4 is 5.43 Å². The second-order valence-electron chi connectivity index (χ2n) is 5.31. The first-order valence-electron chi connectivity index (χ1n) is 6.97. The van der Waals surface area contributed by atoms with Gasteiger partial charge >= 0.3 is 0 Å². The molecule has 2 unspecified atom stereocenters. The number of hydrogen-bond donors (Lipinski definition) is 1. The minimum Gasteiger partial charge on any atom is -0.302 e. The molecule has 1 aromatic rings. The van der Waals surface area contributed by atoms with Crippen LogP contribution in [-0.4, -0.2) is 35.2 Å². The Kier molecular flexibility index (Phi) is 3.40. The zero-order chi connectivity index (χ0) is 14.1. The number of nitro groups is 1. The van der Waals surface area contributed by atoms with Gasteiger partial charge < -0.3 is 10.3 Å². The molecule has 20 heavy (non-hydrogen) atoms. The number of likely N-dealkylation sites (tertiary alicyclic amines) is 1. The molecule has 1 aromatic carbocycles. The first kappa shape index (κ1) is 13.1. The summed E-state index contributed by atoms with van der Waals surface area (Å²) >= 11 is 0. The lowest BCUT2D eigenvalue weighted by atomic mass is 9.86. The van der Waals surface area contributed by atoms with Gasteiger partial charge in [0, 0.05) is 43.3 Å². The molecular weight excluding hydrogens is 256 g/mol. The van der Waals surface area contributed by atoms with Crippen LogP contribution in [0.4, 0.5) is 5.69 Å². The Bertz CT molecular complexity index is 558. The molecule has 1 saturated heterocycles. The molecule has 6 heteroatoms. The molecule has 2 aliphatic rings. The minimum absolute atomic E-state index is 0.0549. The number of hydrogen-bond acceptors (Lipinski definition) is 5. The third-order valence-electron chi connectivity index (χ3n) is 4.20. The summed E-state index contributed by atoms with van der Waals surface area (Å²) in [6, 6.07) is 6.92. The van der Waals surface area contributed by atoms with Gasteiger partial charge in [-0.25, -0.2) is 0 Å². The molecule has 0 radical (unpaired) electrons. The lowest BCUT2D eigenvalue weighted by molar-refractivity contribution is -0.384. The van der Waals surface area contributed by atoms with Crippen molar-refractivity contribution in [3.63, 3.8) is 0 Å². The normalized spacial score (nSPS) is 25.8. The van der Waals surface area contributed by atoms with Crippen LogP contribution in [0, 0.1) is 16.0 Å². The van der Waals surface area contributed by atoms with E-state index in [2.05, 4.69) is 22.4 Å². The van der Waals surface area contributed by atoms with Gasteiger partial charge in [-0.1, -0.05) is 19.1 Å². The monoisotopic (exact) mass is 274 g/mol. The van der Waals surface area contributed by atoms with E-state index in [9.17, 15) is 10.1 Å². The minimum atomic E-state index is -0.348. The predicted molar refractivity (Wildman–Crippen MR) is 76.6 cm³/mol. The van der Waals surface area contributed by atoms with Crippen LogP contribution >= 0.6 is 0 Å². The van der Waals surface area contributed by atoms with Gasteiger partial charge in [0.05, 0.1) is 11.0 Å². The standard InChI is InChI=1S/C14H18N4O2/c1-2-17-7-6-13-12(9-17)14(16-15-13)10-4-3-5-11(8-10)18(19)20/h3-5,8,12,14,16H,2,6-7,9H2,1H3. The Hall–Kier alpha value is -1.95. The van der Waals surface area contributed by atoms with Gasteiger partial charge in [0.2, 0.25) is 0 Å². The number of nitrogens with one attached hydrogen (secondary N) is 1. The van der Waals surface area contributed by atoms with Crippen LogP contribution in [0.2, 0.25) is 0 Å². The van der Waals surface area contributed by atoms with Gasteiger partial charge in [0.1, 0.15) is 0 Å². The van der Waals surface area contributed by atoms with E-state index in [1.54, 1.807) is 12.1 Å². The topological polar surface area (TPSA) is 70.8 Å². The van der Waals surface area contributed by atoms with Gasteiger partial charge in [-0.05, 0) is 12.1 Å². The molecule has 0 aromatic heterocycles. The fourth-order valence-corrected chi connectivity index (χ4v) is 3.04. The van der Waals surface area contributed by atoms with Crippen molar-refractivity contribution < 1.29 is 4.92 Å². The first-order valence-corrected chi connectivity index (χ1v) is 6.97. The summed E-state index contributed by atoms with van der Waals surface area (Å²) in [4.78, 5) is 13.0. The maximum Gasteiger partial charge on any atom is 0.269 e. The fourth-order valence-electron chi connectivity index (χ4n) is 3.04. The molecule has 1 N–H and O–H groups in total. The summed E-state index contributed by atoms with van der Waals surface area (Å²) in [5.74, 6) is 0.325. The Balaban J connectivity index is 1.84. The largest absolute Gasteiger partial charge is 0.302 e. The molecule has 2 heterocycles. The third-order valence-corrected chi connectivity index (χ3v) is 4.20. The van der Waals surface area contributed by atoms with Gasteiger partial charge in [-0.15, -0.1) is 0 Å². The molecule has 2 aliphatic heterocycles. The zero-order valence-electron chi connectivity index (χ0n) is 11.5. The lowest BCUT2D eigenvalue weighted by Gasteiger charge is -2.32. The van der Waals surface area contributed by atoms with Crippen LogP contribution in [0.25, 0.3) is 0 Å². The van der Waals surface area contributed by atoms with Crippen molar-refractivity contribution >= 4 is 11.4 Å². The molecule has 106 valence electrons. The molecule has 2 atom stereocenters. The summed E-state index contributed by atoms with van der Waals surface area (Å²) in [5, 5.41) is 15.3. The maximum absolute atomic E-state index is 10.9. The Morgan fingerprint density at radius 1 is 1.55 bits per heavy atom. The number of hydrazone groups is 1. The molecule has 0 amide bonds. The Morgan fingerprint density at radius 2 is 2.40 bits per heavy atom. The van der Waals surface area contributed by atoms with Gasteiger partial charge in [0.15, 0.2) is 0 Å². The van der Waals surface area contributed by atoms with E-state index in [-0.39, 0.29) is 16.7 Å². The van der Waals surface area contributed by atoms with Crippen molar-refractivity contribution in [3.8, 4) is 0 Å². The van der Waals surface area contributed by atoms with E-state index < -0.39 is 0 Å². The molecule has 0 bridgehead atoms. The van der Waals surface area contributed by atoms with Crippen molar-refractivity contribution in [1.82, 2.24) is 10.3 Å². The highest BCUT2D eigenvalue weighted by Crippen LogP contribution is 2.33. The van der Waals surface area contributed by atoms with Gasteiger partial charge in [-0.3, -0.25) is 10.1 Å². The van der Waals surface area contributed by atoms with Crippen LogP contribution in [0.1, 0.15) is 24.9 Å². The Morgan fingerprint density at radius 3 is 3.15 bits per heavy atom. The highest BCUT2D eigenvalue weighted by atomic mass is 16.6. The highest BCUT2D eigenvalue weighted by Gasteiger charge is 2.36. The molecule has 0 spiro atoms. The van der Waals surface area contributed by atoms with Crippen LogP contribution in [-0.2, 0) is 0 Å². The number of non-ortho nitro benzene ring substituents is 1. The lowest BCUT2D eigenvalue weighted by Crippen LogP contribution is -2.41. The van der Waals surface area contributed by atoms with Crippen molar-refractivity contribution in [2.75, 3.05) is 19.6 Å². The smallest absolute Gasteiger partial charge is 0.269 e. The highest BCUT2D eigenvalue weighted by molar-refractivity contribution is 5.89. The summed E-state index contributed by atoms with van der Waals surface area (Å²) in [7, 11) is 0. The van der Waals surface area contributed by atoms with E-state index in [0.29, 0.717) is 5.92 Å². The Labute approximate surface area is 117 Å². The van der Waals surface area contributed by atoms with E-state index >= 15 is 0 Å². The summed E-state index contributed by atoms with van der Waals surface area (Å²) in [5.41, 5.74) is 5.45. The van der Waals surface area contributed by atoms with Crippen molar-refractivity contribution in [2.45, 2.75) is 19.4 Å². The van der Waals surface area contributed by atoms with Gasteiger partial charge in [-0.2, -0.15) is 5.10 Å². The fraction of sp³-hybridized carbons (Fsp3) is 0.500. The number of benzene rings is 1. The van der Waals surface area contributed by atoms with Crippen LogP contribution in [0.3, 0.4) is 0 Å². The van der Waals surface area contributed by atoms with Crippen LogP contribution in [0.5, 0.6) is 0 Å². The summed E-state index contributed by atoms with van der Waals surface area (Å²) < 4.78 is 0. The number of fused-ring (bicyclic) bond motifs is 1. The maximum atomic E-state index is 10.9. The van der Waals surface area contributed by atoms with E-state index in [1.165, 1.54) is 11.8 Å². The SMILES string of the molecule is CCN1CCC2=NNC(c3cccc([N+](=O)[O-])c3)C2C1. The number of nitrogens with zero attached hydrogens (tertiary/aromatic N) is 3. The van der Waals surface area contributed by atoms with Crippen molar-refractivity contribution in [2.24, 2.45) is 11.0 Å². The number of piperidine rings is 1. The number of rotatable bonds is 3. The zero-order valence-corrected chi connectivity index (χ0v) is 11.5. The van der Waals surface area contributed by atoms with Gasteiger partial charge in [0.25, 0.3) is 5.69 Å². The summed E-state index contributed by atoms with van der Waals surface area (Å²) in [6.07, 6.45) is 0.983. The molecule has 0 aliphatic carbocycles. The first-order chi connectivity index (χ1) is 9.69. The molecule has 3 rings (SSSR count). The average molecular weight is 274 g/mol. The molecule has 6 nitrogen and oxygen atoms in total. The summed E-state index contributed by atoms with van der Waals surface area (Å²) in [6.45, 7) is 5.21. The quantitative estimate of drug-likeness (QED) is 0.675. The van der Waals surface area contributed by atoms with Crippen molar-refractivity contribution in [3.05, 3.63) is 39.9 Å². The van der Waals surface area contributed by atoms with Crippen LogP contribution in [0.15, 0.2) is 29.4 Å². The second kappa shape index (κ2) is 5.20. The average Bonchev–Trinajstić information content (AvgIpc) is 2.90. The second-order valence-corrected chi connectivity index (χ2v) is 5.31. The third kappa shape index (κ3) is 2.27. The molecule has 1 fully saturated rings. The van der Waals surface area contributed by atoms with E-state index in [0.717, 1.165) is 31.6 Å². The molecular formula is C14H18N4O2. The van der Waals surface area contributed by atoms with Crippen molar-refractivity contribution in [1.29, 1.82) is 0 Å².